The molecule has 1 nitrogen and oxygen atoms in total. The van der Waals surface area contributed by atoms with Crippen LogP contribution in [0.25, 0.3) is 0 Å². The van der Waals surface area contributed by atoms with Gasteiger partial charge in [0.1, 0.15) is 0 Å². The molecule has 0 bridgehead atoms. The van der Waals surface area contributed by atoms with Crippen LogP contribution in [0.3, 0.4) is 0 Å². The molecule has 0 spiro atoms. The molecule has 0 aliphatic rings. The SMILES string of the molecule is CSCc1cnc(Cl)c(F)c1. The van der Waals surface area contributed by atoms with Crippen molar-refractivity contribution < 1.29 is 4.39 Å². The van der Waals surface area contributed by atoms with E-state index < -0.39 is 5.82 Å². The molecule has 1 rings (SSSR count). The minimum Gasteiger partial charge on any atom is -0.241 e. The van der Waals surface area contributed by atoms with E-state index in [2.05, 4.69) is 4.98 Å². The van der Waals surface area contributed by atoms with Gasteiger partial charge in [0.2, 0.25) is 0 Å². The van der Waals surface area contributed by atoms with Crippen molar-refractivity contribution in [1.82, 2.24) is 4.98 Å². The number of aromatic nitrogens is 1. The van der Waals surface area contributed by atoms with E-state index in [0.29, 0.717) is 0 Å². The number of thioether (sulfide) groups is 1. The van der Waals surface area contributed by atoms with Gasteiger partial charge in [-0.25, -0.2) is 9.37 Å². The summed E-state index contributed by atoms with van der Waals surface area (Å²) in [5.74, 6) is 0.319. The van der Waals surface area contributed by atoms with Crippen molar-refractivity contribution in [2.24, 2.45) is 0 Å². The maximum atomic E-state index is 12.7. The first kappa shape index (κ1) is 8.81. The fraction of sp³-hybridized carbons (Fsp3) is 0.286. The molecule has 11 heavy (non-hydrogen) atoms. The first-order valence-electron chi connectivity index (χ1n) is 3.03. The van der Waals surface area contributed by atoms with Crippen LogP contribution in [0.15, 0.2) is 12.3 Å². The third kappa shape index (κ3) is 2.34. The highest BCUT2D eigenvalue weighted by Crippen LogP contribution is 2.14. The number of pyridine rings is 1. The van der Waals surface area contributed by atoms with Crippen molar-refractivity contribution in [3.8, 4) is 0 Å². The van der Waals surface area contributed by atoms with Gasteiger partial charge in [0, 0.05) is 11.9 Å². The van der Waals surface area contributed by atoms with Gasteiger partial charge in [-0.1, -0.05) is 11.6 Å². The van der Waals surface area contributed by atoms with E-state index >= 15 is 0 Å². The Morgan fingerprint density at radius 2 is 2.45 bits per heavy atom. The number of hydrogen-bond donors (Lipinski definition) is 0. The Labute approximate surface area is 74.0 Å². The molecule has 0 amide bonds. The summed E-state index contributed by atoms with van der Waals surface area (Å²) in [6.45, 7) is 0. The molecular formula is C7H7ClFNS. The molecule has 0 unspecified atom stereocenters. The predicted molar refractivity (Wildman–Crippen MR) is 46.4 cm³/mol. The van der Waals surface area contributed by atoms with Crippen molar-refractivity contribution in [2.75, 3.05) is 6.26 Å². The number of nitrogens with zero attached hydrogens (tertiary/aromatic N) is 1. The van der Waals surface area contributed by atoms with Crippen LogP contribution in [-0.2, 0) is 5.75 Å². The minimum atomic E-state index is -0.446. The average molecular weight is 192 g/mol. The molecule has 0 fully saturated rings. The van der Waals surface area contributed by atoms with E-state index in [1.54, 1.807) is 18.0 Å². The molecule has 0 saturated carbocycles. The molecule has 60 valence electrons. The molecule has 4 heteroatoms. The van der Waals surface area contributed by atoms with Crippen LogP contribution in [-0.4, -0.2) is 11.2 Å². The van der Waals surface area contributed by atoms with Gasteiger partial charge in [0.15, 0.2) is 11.0 Å². The second kappa shape index (κ2) is 3.93. The van der Waals surface area contributed by atoms with Crippen LogP contribution < -0.4 is 0 Å². The fourth-order valence-electron chi connectivity index (χ4n) is 0.706. The summed E-state index contributed by atoms with van der Waals surface area (Å²) >= 11 is 7.01. The van der Waals surface area contributed by atoms with Crippen LogP contribution in [0.4, 0.5) is 4.39 Å². The minimum absolute atomic E-state index is 0.0603. The lowest BCUT2D eigenvalue weighted by Crippen LogP contribution is -1.87. The van der Waals surface area contributed by atoms with E-state index in [1.807, 2.05) is 6.26 Å². The smallest absolute Gasteiger partial charge is 0.164 e. The zero-order chi connectivity index (χ0) is 8.27. The second-order valence-corrected chi connectivity index (χ2v) is 3.27. The van der Waals surface area contributed by atoms with Crippen molar-refractivity contribution in [3.05, 3.63) is 28.8 Å². The molecule has 0 aliphatic carbocycles. The zero-order valence-electron chi connectivity index (χ0n) is 5.97. The van der Waals surface area contributed by atoms with Crippen LogP contribution >= 0.6 is 23.4 Å². The molecule has 0 aliphatic heterocycles. The normalized spacial score (nSPS) is 10.1. The van der Waals surface area contributed by atoms with E-state index in [0.717, 1.165) is 11.3 Å². The van der Waals surface area contributed by atoms with Crippen molar-refractivity contribution in [2.45, 2.75) is 5.75 Å². The van der Waals surface area contributed by atoms with Crippen LogP contribution in [0.1, 0.15) is 5.56 Å². The fourth-order valence-corrected chi connectivity index (χ4v) is 1.30. The van der Waals surface area contributed by atoms with E-state index in [4.69, 9.17) is 11.6 Å². The lowest BCUT2D eigenvalue weighted by Gasteiger charge is -1.97. The molecular weight excluding hydrogens is 185 g/mol. The molecule has 0 N–H and O–H groups in total. The van der Waals surface area contributed by atoms with E-state index in [-0.39, 0.29) is 5.15 Å². The van der Waals surface area contributed by atoms with Gasteiger partial charge in [0.25, 0.3) is 0 Å². The standard InChI is InChI=1S/C7H7ClFNS/c1-11-4-5-2-6(9)7(8)10-3-5/h2-3H,4H2,1H3. The monoisotopic (exact) mass is 191 g/mol. The third-order valence-electron chi connectivity index (χ3n) is 1.16. The summed E-state index contributed by atoms with van der Waals surface area (Å²) in [4.78, 5) is 3.67. The first-order valence-corrected chi connectivity index (χ1v) is 4.80. The number of rotatable bonds is 2. The van der Waals surface area contributed by atoms with E-state index in [9.17, 15) is 4.39 Å². The molecule has 1 aromatic rings. The van der Waals surface area contributed by atoms with Crippen molar-refractivity contribution in [3.63, 3.8) is 0 Å². The van der Waals surface area contributed by atoms with Crippen molar-refractivity contribution >= 4 is 23.4 Å². The van der Waals surface area contributed by atoms with Crippen LogP contribution in [0, 0.1) is 5.82 Å². The highest BCUT2D eigenvalue weighted by atomic mass is 35.5. The Kier molecular flexibility index (Phi) is 3.15. The quantitative estimate of drug-likeness (QED) is 0.667. The molecule has 0 radical (unpaired) electrons. The van der Waals surface area contributed by atoms with Gasteiger partial charge in [-0.05, 0) is 17.9 Å². The Bertz CT molecular complexity index is 254. The summed E-state index contributed by atoms with van der Waals surface area (Å²) < 4.78 is 12.7. The Balaban J connectivity index is 2.86. The third-order valence-corrected chi connectivity index (χ3v) is 2.06. The Hall–Kier alpha value is -0.280. The highest BCUT2D eigenvalue weighted by Gasteiger charge is 2.00. The van der Waals surface area contributed by atoms with Gasteiger partial charge >= 0.3 is 0 Å². The van der Waals surface area contributed by atoms with Crippen LogP contribution in [0.5, 0.6) is 0 Å². The maximum Gasteiger partial charge on any atom is 0.164 e. The lowest BCUT2D eigenvalue weighted by molar-refractivity contribution is 0.620. The van der Waals surface area contributed by atoms with E-state index in [1.165, 1.54) is 6.07 Å². The number of hydrogen-bond acceptors (Lipinski definition) is 2. The maximum absolute atomic E-state index is 12.7. The summed E-state index contributed by atoms with van der Waals surface area (Å²) in [7, 11) is 0. The Morgan fingerprint density at radius 1 is 1.73 bits per heavy atom. The van der Waals surface area contributed by atoms with Gasteiger partial charge < -0.3 is 0 Å². The largest absolute Gasteiger partial charge is 0.241 e. The van der Waals surface area contributed by atoms with Gasteiger partial charge in [-0.2, -0.15) is 11.8 Å². The average Bonchev–Trinajstić information content (AvgIpc) is 1.98. The number of halogens is 2. The van der Waals surface area contributed by atoms with Gasteiger partial charge in [-0.3, -0.25) is 0 Å². The summed E-state index contributed by atoms with van der Waals surface area (Å²) in [6, 6.07) is 1.41. The zero-order valence-corrected chi connectivity index (χ0v) is 7.55. The van der Waals surface area contributed by atoms with Gasteiger partial charge in [-0.15, -0.1) is 0 Å². The molecule has 0 aromatic carbocycles. The molecule has 0 atom stereocenters. The van der Waals surface area contributed by atoms with Gasteiger partial charge in [0.05, 0.1) is 0 Å². The topological polar surface area (TPSA) is 12.9 Å². The summed E-state index contributed by atoms with van der Waals surface area (Å²) in [6.07, 6.45) is 3.54. The lowest BCUT2D eigenvalue weighted by atomic mass is 10.3. The summed E-state index contributed by atoms with van der Waals surface area (Å²) in [5, 5.41) is -0.0603. The molecule has 1 heterocycles. The predicted octanol–water partition coefficient (Wildman–Crippen LogP) is 2.74. The van der Waals surface area contributed by atoms with Crippen molar-refractivity contribution in [1.29, 1.82) is 0 Å². The molecule has 0 saturated heterocycles. The summed E-state index contributed by atoms with van der Waals surface area (Å²) in [5.41, 5.74) is 0.861. The highest BCUT2D eigenvalue weighted by molar-refractivity contribution is 7.97. The molecule has 1 aromatic heterocycles. The Morgan fingerprint density at radius 3 is 3.00 bits per heavy atom. The first-order chi connectivity index (χ1) is 5.24. The second-order valence-electron chi connectivity index (χ2n) is 2.05. The van der Waals surface area contributed by atoms with Crippen LogP contribution in [0.2, 0.25) is 5.15 Å².